The van der Waals surface area contributed by atoms with Crippen LogP contribution in [0.5, 0.6) is 5.75 Å². The Morgan fingerprint density at radius 2 is 1.71 bits per heavy atom. The highest BCUT2D eigenvalue weighted by molar-refractivity contribution is 6.18. The van der Waals surface area contributed by atoms with Crippen molar-refractivity contribution in [2.24, 2.45) is 4.99 Å². The standard InChI is InChI=1S/C23H21N3O2/c1-2-28-20-14-12-19(13-15-20)26-16-17-8-6-7-11-21(17)22(26)25-23(27)24-18-9-4-3-5-10-18/h3-15H,2,16H2,1H3,(H,24,27). The van der Waals surface area contributed by atoms with E-state index in [2.05, 4.69) is 16.4 Å². The van der Waals surface area contributed by atoms with Gasteiger partial charge < -0.3 is 15.0 Å². The van der Waals surface area contributed by atoms with Gasteiger partial charge in [-0.3, -0.25) is 0 Å². The third kappa shape index (κ3) is 3.74. The lowest BCUT2D eigenvalue weighted by atomic mass is 10.1. The fraction of sp³-hybridized carbons (Fsp3) is 0.130. The maximum absolute atomic E-state index is 12.5. The van der Waals surface area contributed by atoms with E-state index in [1.165, 1.54) is 0 Å². The molecule has 4 rings (SSSR count). The number of hydrogen-bond donors (Lipinski definition) is 1. The van der Waals surface area contributed by atoms with Gasteiger partial charge in [0.15, 0.2) is 0 Å². The van der Waals surface area contributed by atoms with Crippen LogP contribution in [0, 0.1) is 0 Å². The number of amides is 2. The highest BCUT2D eigenvalue weighted by Gasteiger charge is 2.27. The molecule has 0 saturated carbocycles. The topological polar surface area (TPSA) is 53.9 Å². The summed E-state index contributed by atoms with van der Waals surface area (Å²) in [5, 5.41) is 2.82. The first kappa shape index (κ1) is 17.8. The summed E-state index contributed by atoms with van der Waals surface area (Å²) in [5.74, 6) is 1.47. The van der Waals surface area contributed by atoms with Gasteiger partial charge in [-0.15, -0.1) is 0 Å². The van der Waals surface area contributed by atoms with E-state index in [-0.39, 0.29) is 0 Å². The molecule has 0 aromatic heterocycles. The van der Waals surface area contributed by atoms with Gasteiger partial charge in [-0.2, -0.15) is 4.99 Å². The van der Waals surface area contributed by atoms with E-state index < -0.39 is 6.03 Å². The van der Waals surface area contributed by atoms with Gasteiger partial charge in [0, 0.05) is 16.9 Å². The first-order chi connectivity index (χ1) is 13.7. The summed E-state index contributed by atoms with van der Waals surface area (Å²) in [6.45, 7) is 3.25. The van der Waals surface area contributed by atoms with Crippen LogP contribution in [0.4, 0.5) is 16.2 Å². The van der Waals surface area contributed by atoms with Crippen molar-refractivity contribution in [3.8, 4) is 5.75 Å². The number of rotatable bonds is 4. The molecule has 0 saturated heterocycles. The second-order valence-electron chi connectivity index (χ2n) is 6.40. The smallest absolute Gasteiger partial charge is 0.347 e. The maximum atomic E-state index is 12.5. The SMILES string of the molecule is CCOc1ccc(N2Cc3ccccc3C2=NC(=O)Nc2ccccc2)cc1. The predicted molar refractivity (Wildman–Crippen MR) is 112 cm³/mol. The van der Waals surface area contributed by atoms with Crippen LogP contribution in [-0.2, 0) is 6.54 Å². The Kier molecular flexibility index (Phi) is 5.06. The number of nitrogens with zero attached hydrogens (tertiary/aromatic N) is 2. The summed E-state index contributed by atoms with van der Waals surface area (Å²) >= 11 is 0. The Morgan fingerprint density at radius 1 is 1.00 bits per heavy atom. The quantitative estimate of drug-likeness (QED) is 0.695. The van der Waals surface area contributed by atoms with Crippen molar-refractivity contribution in [3.63, 3.8) is 0 Å². The number of anilines is 2. The van der Waals surface area contributed by atoms with E-state index in [1.807, 2.05) is 84.6 Å². The van der Waals surface area contributed by atoms with Crippen molar-refractivity contribution < 1.29 is 9.53 Å². The Bertz CT molecular complexity index is 998. The molecular formula is C23H21N3O2. The first-order valence-electron chi connectivity index (χ1n) is 9.28. The number of carbonyl (C=O) groups is 1. The van der Waals surface area contributed by atoms with E-state index in [0.717, 1.165) is 28.3 Å². The molecule has 28 heavy (non-hydrogen) atoms. The van der Waals surface area contributed by atoms with Gasteiger partial charge in [-0.05, 0) is 48.9 Å². The first-order valence-corrected chi connectivity index (χ1v) is 9.28. The minimum atomic E-state index is -0.395. The molecule has 5 nitrogen and oxygen atoms in total. The van der Waals surface area contributed by atoms with Crippen LogP contribution in [0.3, 0.4) is 0 Å². The molecule has 1 heterocycles. The summed E-state index contributed by atoms with van der Waals surface area (Å²) in [7, 11) is 0. The van der Waals surface area contributed by atoms with Crippen molar-refractivity contribution in [2.45, 2.75) is 13.5 Å². The molecule has 0 aliphatic carbocycles. The minimum absolute atomic E-state index is 0.395. The van der Waals surface area contributed by atoms with Gasteiger partial charge in [-0.1, -0.05) is 42.5 Å². The molecule has 0 radical (unpaired) electrons. The fourth-order valence-corrected chi connectivity index (χ4v) is 3.26. The molecule has 1 N–H and O–H groups in total. The molecule has 2 amide bonds. The van der Waals surface area contributed by atoms with Gasteiger partial charge in [0.05, 0.1) is 13.2 Å². The number of amidine groups is 1. The normalized spacial score (nSPS) is 14.0. The molecule has 0 unspecified atom stereocenters. The number of benzene rings is 3. The average molecular weight is 371 g/mol. The van der Waals surface area contributed by atoms with Gasteiger partial charge >= 0.3 is 6.03 Å². The highest BCUT2D eigenvalue weighted by Crippen LogP contribution is 2.30. The number of hydrogen-bond acceptors (Lipinski definition) is 2. The second-order valence-corrected chi connectivity index (χ2v) is 6.40. The lowest BCUT2D eigenvalue weighted by molar-refractivity contribution is 0.259. The number of para-hydroxylation sites is 1. The number of nitrogens with one attached hydrogen (secondary N) is 1. The predicted octanol–water partition coefficient (Wildman–Crippen LogP) is 5.08. The van der Waals surface area contributed by atoms with Crippen molar-refractivity contribution in [2.75, 3.05) is 16.8 Å². The third-order valence-corrected chi connectivity index (χ3v) is 4.53. The Morgan fingerprint density at radius 3 is 2.46 bits per heavy atom. The van der Waals surface area contributed by atoms with E-state index in [1.54, 1.807) is 0 Å². The molecule has 0 fully saturated rings. The molecule has 0 atom stereocenters. The van der Waals surface area contributed by atoms with Crippen molar-refractivity contribution in [1.29, 1.82) is 0 Å². The molecule has 3 aromatic rings. The van der Waals surface area contributed by atoms with Crippen molar-refractivity contribution in [1.82, 2.24) is 0 Å². The van der Waals surface area contributed by atoms with Crippen molar-refractivity contribution in [3.05, 3.63) is 90.0 Å². The third-order valence-electron chi connectivity index (χ3n) is 4.53. The summed E-state index contributed by atoms with van der Waals surface area (Å²) in [5.41, 5.74) is 3.80. The van der Waals surface area contributed by atoms with Gasteiger partial charge in [0.1, 0.15) is 11.6 Å². The Hall–Kier alpha value is -3.60. The summed E-state index contributed by atoms with van der Waals surface area (Å²) < 4.78 is 5.53. The highest BCUT2D eigenvalue weighted by atomic mass is 16.5. The van der Waals surface area contributed by atoms with E-state index in [0.29, 0.717) is 19.0 Å². The minimum Gasteiger partial charge on any atom is -0.494 e. The van der Waals surface area contributed by atoms with E-state index in [4.69, 9.17) is 4.74 Å². The lowest BCUT2D eigenvalue weighted by Gasteiger charge is -2.19. The number of carbonyl (C=O) groups excluding carboxylic acids is 1. The van der Waals surface area contributed by atoms with Crippen LogP contribution >= 0.6 is 0 Å². The molecule has 3 aromatic carbocycles. The van der Waals surface area contributed by atoms with Crippen LogP contribution in [0.25, 0.3) is 0 Å². The largest absolute Gasteiger partial charge is 0.494 e. The Balaban J connectivity index is 1.65. The molecule has 0 bridgehead atoms. The molecule has 5 heteroatoms. The number of ether oxygens (including phenoxy) is 1. The number of urea groups is 1. The molecule has 140 valence electrons. The van der Waals surface area contributed by atoms with Crippen LogP contribution in [-0.4, -0.2) is 18.5 Å². The van der Waals surface area contributed by atoms with Gasteiger partial charge in [0.2, 0.25) is 0 Å². The lowest BCUT2D eigenvalue weighted by Crippen LogP contribution is -2.26. The summed E-state index contributed by atoms with van der Waals surface area (Å²) in [6.07, 6.45) is 0. The summed E-state index contributed by atoms with van der Waals surface area (Å²) in [6, 6.07) is 24.8. The molecule has 1 aliphatic rings. The molecule has 1 aliphatic heterocycles. The van der Waals surface area contributed by atoms with Crippen LogP contribution in [0.1, 0.15) is 18.1 Å². The zero-order chi connectivity index (χ0) is 19.3. The number of fused-ring (bicyclic) bond motifs is 1. The number of aliphatic imine (C=N–C) groups is 1. The second kappa shape index (κ2) is 7.96. The Labute approximate surface area is 164 Å². The van der Waals surface area contributed by atoms with Crippen LogP contribution in [0.15, 0.2) is 83.9 Å². The fourth-order valence-electron chi connectivity index (χ4n) is 3.26. The average Bonchev–Trinajstić information content (AvgIpc) is 3.08. The van der Waals surface area contributed by atoms with Crippen molar-refractivity contribution >= 4 is 23.2 Å². The van der Waals surface area contributed by atoms with Gasteiger partial charge in [0.25, 0.3) is 0 Å². The monoisotopic (exact) mass is 371 g/mol. The zero-order valence-corrected chi connectivity index (χ0v) is 15.6. The van der Waals surface area contributed by atoms with E-state index >= 15 is 0 Å². The van der Waals surface area contributed by atoms with Crippen LogP contribution < -0.4 is 15.0 Å². The summed E-state index contributed by atoms with van der Waals surface area (Å²) in [4.78, 5) is 19.0. The maximum Gasteiger partial charge on any atom is 0.347 e. The van der Waals surface area contributed by atoms with E-state index in [9.17, 15) is 4.79 Å². The molecular weight excluding hydrogens is 350 g/mol. The molecule has 0 spiro atoms. The van der Waals surface area contributed by atoms with Crippen LogP contribution in [0.2, 0.25) is 0 Å². The van der Waals surface area contributed by atoms with Gasteiger partial charge in [-0.25, -0.2) is 4.79 Å². The zero-order valence-electron chi connectivity index (χ0n) is 15.6.